The number of aliphatic carboxylic acids is 2. The molecule has 0 aliphatic carbocycles. The minimum absolute atomic E-state index is 0.0381. The van der Waals surface area contributed by atoms with Gasteiger partial charge in [0.05, 0.1) is 0 Å². The van der Waals surface area contributed by atoms with Crippen LogP contribution < -0.4 is 0 Å². The molecule has 0 aromatic rings. The highest BCUT2D eigenvalue weighted by atomic mass is 16.4. The molecule has 0 aliphatic rings. The molecule has 0 aromatic carbocycles. The van der Waals surface area contributed by atoms with Crippen molar-refractivity contribution in [3.8, 4) is 0 Å². The number of carbonyl (C=O) groups is 2. The fourth-order valence-electron chi connectivity index (χ4n) is 1.50. The predicted molar refractivity (Wildman–Crippen MR) is 61.2 cm³/mol. The van der Waals surface area contributed by atoms with Gasteiger partial charge < -0.3 is 10.2 Å². The van der Waals surface area contributed by atoms with Crippen LogP contribution in [0.15, 0.2) is 11.1 Å². The second-order valence-corrected chi connectivity index (χ2v) is 4.76. The van der Waals surface area contributed by atoms with Gasteiger partial charge in [0.15, 0.2) is 0 Å². The van der Waals surface area contributed by atoms with Gasteiger partial charge in [-0.05, 0) is 24.7 Å². The van der Waals surface area contributed by atoms with E-state index in [-0.39, 0.29) is 23.0 Å². The maximum atomic E-state index is 11.0. The first-order valence-electron chi connectivity index (χ1n) is 5.44. The van der Waals surface area contributed by atoms with Crippen LogP contribution >= 0.6 is 0 Å². The number of carboxylic acid groups (broad SMARTS) is 2. The minimum atomic E-state index is -1.12. The first-order chi connectivity index (χ1) is 7.25. The Morgan fingerprint density at radius 1 is 0.812 bits per heavy atom. The molecular formula is C12H20O4. The quantitative estimate of drug-likeness (QED) is 0.685. The van der Waals surface area contributed by atoms with Gasteiger partial charge in [0.2, 0.25) is 0 Å². The van der Waals surface area contributed by atoms with Crippen molar-refractivity contribution < 1.29 is 19.8 Å². The van der Waals surface area contributed by atoms with E-state index < -0.39 is 11.9 Å². The lowest BCUT2D eigenvalue weighted by Crippen LogP contribution is -2.14. The fraction of sp³-hybridized carbons (Fsp3) is 0.667. The average Bonchev–Trinajstić information content (AvgIpc) is 2.09. The maximum Gasteiger partial charge on any atom is 0.332 e. The maximum absolute atomic E-state index is 11.0. The van der Waals surface area contributed by atoms with Crippen LogP contribution in [-0.4, -0.2) is 22.2 Å². The molecule has 4 heteroatoms. The molecular weight excluding hydrogens is 208 g/mol. The molecule has 16 heavy (non-hydrogen) atoms. The standard InChI is InChI=1S/C12H20O4/c1-7(2)5-9(11(13)14)10(12(15)16)6-8(3)4/h7-8H,5-6H2,1-4H3,(H,13,14)(H,15,16)/b10-9-. The van der Waals surface area contributed by atoms with E-state index in [2.05, 4.69) is 0 Å². The Morgan fingerprint density at radius 3 is 1.19 bits per heavy atom. The van der Waals surface area contributed by atoms with Crippen molar-refractivity contribution >= 4 is 11.9 Å². The minimum Gasteiger partial charge on any atom is -0.478 e. The molecule has 0 unspecified atom stereocenters. The van der Waals surface area contributed by atoms with Crippen molar-refractivity contribution in [3.05, 3.63) is 11.1 Å². The largest absolute Gasteiger partial charge is 0.478 e. The second kappa shape index (κ2) is 6.30. The van der Waals surface area contributed by atoms with Crippen LogP contribution in [-0.2, 0) is 9.59 Å². The Bertz CT molecular complexity index is 270. The van der Waals surface area contributed by atoms with E-state index in [4.69, 9.17) is 10.2 Å². The van der Waals surface area contributed by atoms with Gasteiger partial charge in [0.1, 0.15) is 0 Å². The van der Waals surface area contributed by atoms with Crippen LogP contribution in [0.4, 0.5) is 0 Å². The predicted octanol–water partition coefficient (Wildman–Crippen LogP) is 2.54. The van der Waals surface area contributed by atoms with Gasteiger partial charge in [-0.2, -0.15) is 0 Å². The summed E-state index contributed by atoms with van der Waals surface area (Å²) in [6, 6.07) is 0. The van der Waals surface area contributed by atoms with Crippen molar-refractivity contribution in [1.29, 1.82) is 0 Å². The smallest absolute Gasteiger partial charge is 0.332 e. The van der Waals surface area contributed by atoms with Crippen LogP contribution in [0.1, 0.15) is 40.5 Å². The van der Waals surface area contributed by atoms with Gasteiger partial charge in [0, 0.05) is 11.1 Å². The van der Waals surface area contributed by atoms with Gasteiger partial charge >= 0.3 is 11.9 Å². The topological polar surface area (TPSA) is 74.6 Å². The number of hydrogen-bond acceptors (Lipinski definition) is 2. The Hall–Kier alpha value is -1.32. The first-order valence-corrected chi connectivity index (χ1v) is 5.44. The lowest BCUT2D eigenvalue weighted by atomic mass is 9.93. The van der Waals surface area contributed by atoms with Gasteiger partial charge in [-0.1, -0.05) is 27.7 Å². The second-order valence-electron chi connectivity index (χ2n) is 4.76. The molecule has 0 radical (unpaired) electrons. The van der Waals surface area contributed by atoms with Crippen molar-refractivity contribution in [1.82, 2.24) is 0 Å². The molecule has 4 nitrogen and oxygen atoms in total. The SMILES string of the molecule is CC(C)C/C(C(=O)O)=C(\CC(C)C)C(=O)O. The Labute approximate surface area is 96.0 Å². The zero-order valence-electron chi connectivity index (χ0n) is 10.3. The van der Waals surface area contributed by atoms with Crippen LogP contribution in [0.25, 0.3) is 0 Å². The zero-order chi connectivity index (χ0) is 12.9. The molecule has 0 rings (SSSR count). The van der Waals surface area contributed by atoms with E-state index in [1.54, 1.807) is 0 Å². The summed E-state index contributed by atoms with van der Waals surface area (Å²) in [6.07, 6.45) is 0.591. The monoisotopic (exact) mass is 228 g/mol. The Kier molecular flexibility index (Phi) is 5.78. The fourth-order valence-corrected chi connectivity index (χ4v) is 1.50. The van der Waals surface area contributed by atoms with E-state index >= 15 is 0 Å². The molecule has 0 spiro atoms. The third-order valence-corrected chi connectivity index (χ3v) is 2.11. The molecule has 0 amide bonds. The lowest BCUT2D eigenvalue weighted by Gasteiger charge is -2.12. The Morgan fingerprint density at radius 2 is 1.06 bits per heavy atom. The van der Waals surface area contributed by atoms with Gasteiger partial charge in [-0.15, -0.1) is 0 Å². The average molecular weight is 228 g/mol. The first kappa shape index (κ1) is 14.7. The Balaban J connectivity index is 5.26. The molecule has 0 atom stereocenters. The van der Waals surface area contributed by atoms with E-state index in [0.717, 1.165) is 0 Å². The highest BCUT2D eigenvalue weighted by Crippen LogP contribution is 2.21. The van der Waals surface area contributed by atoms with Crippen molar-refractivity contribution in [2.24, 2.45) is 11.8 Å². The normalized spacial score (nSPS) is 12.9. The summed E-state index contributed by atoms with van der Waals surface area (Å²) in [5.41, 5.74) is 0.0763. The van der Waals surface area contributed by atoms with Gasteiger partial charge in [0.25, 0.3) is 0 Å². The van der Waals surface area contributed by atoms with Gasteiger partial charge in [-0.3, -0.25) is 0 Å². The summed E-state index contributed by atoms with van der Waals surface area (Å²) in [5.74, 6) is -1.97. The van der Waals surface area contributed by atoms with Crippen molar-refractivity contribution in [2.45, 2.75) is 40.5 Å². The summed E-state index contributed by atoms with van der Waals surface area (Å²) in [7, 11) is 0. The summed E-state index contributed by atoms with van der Waals surface area (Å²) < 4.78 is 0. The molecule has 0 heterocycles. The third kappa shape index (κ3) is 4.96. The van der Waals surface area contributed by atoms with Crippen molar-refractivity contribution in [2.75, 3.05) is 0 Å². The van der Waals surface area contributed by atoms with E-state index in [0.29, 0.717) is 12.8 Å². The number of hydrogen-bond donors (Lipinski definition) is 2. The van der Waals surface area contributed by atoms with Crippen molar-refractivity contribution in [3.63, 3.8) is 0 Å². The van der Waals surface area contributed by atoms with Crippen LogP contribution in [0.3, 0.4) is 0 Å². The molecule has 0 bridgehead atoms. The summed E-state index contributed by atoms with van der Waals surface area (Å²) in [6.45, 7) is 7.49. The molecule has 0 aromatic heterocycles. The highest BCUT2D eigenvalue weighted by molar-refractivity contribution is 5.98. The molecule has 92 valence electrons. The summed E-state index contributed by atoms with van der Waals surface area (Å²) >= 11 is 0. The van der Waals surface area contributed by atoms with Crippen LogP contribution in [0.2, 0.25) is 0 Å². The van der Waals surface area contributed by atoms with Gasteiger partial charge in [-0.25, -0.2) is 9.59 Å². The third-order valence-electron chi connectivity index (χ3n) is 2.11. The van der Waals surface area contributed by atoms with Crippen LogP contribution in [0.5, 0.6) is 0 Å². The van der Waals surface area contributed by atoms with E-state index in [9.17, 15) is 9.59 Å². The lowest BCUT2D eigenvalue weighted by molar-refractivity contribution is -0.136. The van der Waals surface area contributed by atoms with E-state index in [1.807, 2.05) is 27.7 Å². The highest BCUT2D eigenvalue weighted by Gasteiger charge is 2.21. The molecule has 0 aliphatic heterocycles. The number of carboxylic acids is 2. The van der Waals surface area contributed by atoms with E-state index in [1.165, 1.54) is 0 Å². The molecule has 0 saturated carbocycles. The molecule has 0 saturated heterocycles. The summed E-state index contributed by atoms with van der Waals surface area (Å²) in [5, 5.41) is 18.1. The molecule has 0 fully saturated rings. The number of rotatable bonds is 6. The zero-order valence-corrected chi connectivity index (χ0v) is 10.3. The molecule has 2 N–H and O–H groups in total. The summed E-state index contributed by atoms with van der Waals surface area (Å²) in [4.78, 5) is 22.1. The van der Waals surface area contributed by atoms with Crippen LogP contribution in [0, 0.1) is 11.8 Å².